The first-order valence-electron chi connectivity index (χ1n) is 8.21. The number of aliphatic carboxylic acids is 1. The van der Waals surface area contributed by atoms with Crippen LogP contribution in [-0.4, -0.2) is 79.1 Å². The van der Waals surface area contributed by atoms with Crippen LogP contribution < -0.4 is 5.32 Å². The Balaban J connectivity index is 1.61. The fourth-order valence-corrected chi connectivity index (χ4v) is 6.66. The Morgan fingerprint density at radius 1 is 1.43 bits per heavy atom. The molecule has 2 aliphatic heterocycles. The molecule has 0 aliphatic carbocycles. The number of hydrogen-bond acceptors (Lipinski definition) is 9. The maximum absolute atomic E-state index is 12.4. The van der Waals surface area contributed by atoms with Gasteiger partial charge < -0.3 is 15.3 Å². The number of β-lactam (4-membered cyclic amide) rings is 1. The number of thioether (sulfide) groups is 2. The topological polar surface area (TPSA) is 130 Å². The summed E-state index contributed by atoms with van der Waals surface area (Å²) in [4.78, 5) is 49.0. The molecule has 13 heteroatoms. The van der Waals surface area contributed by atoms with Crippen LogP contribution in [0.25, 0.3) is 0 Å². The number of amides is 2. The number of Topliss-reactive ketones (excluding diaryl/α,β-unsaturated/α-hetero) is 1. The van der Waals surface area contributed by atoms with E-state index < -0.39 is 29.1 Å². The third kappa shape index (κ3) is 4.29. The molecule has 2 N–H and O–H groups in total. The monoisotopic (exact) mass is 464 g/mol. The zero-order valence-corrected chi connectivity index (χ0v) is 17.9. The summed E-state index contributed by atoms with van der Waals surface area (Å²) in [7, 11) is 0. The number of halogens is 1. The van der Waals surface area contributed by atoms with Crippen LogP contribution >= 0.6 is 46.5 Å². The number of aryl methyl sites for hydroxylation is 1. The summed E-state index contributed by atoms with van der Waals surface area (Å²) in [6.45, 7) is 1.89. The van der Waals surface area contributed by atoms with Crippen LogP contribution in [0.1, 0.15) is 11.4 Å². The van der Waals surface area contributed by atoms with Gasteiger partial charge in [0.25, 0.3) is 0 Å². The molecule has 2 saturated heterocycles. The number of fused-ring (bicyclic) bond motifs is 1. The highest BCUT2D eigenvalue weighted by Gasteiger charge is 2.57. The van der Waals surface area contributed by atoms with Gasteiger partial charge in [-0.25, -0.2) is 0 Å². The molecule has 2 aliphatic rings. The Morgan fingerprint density at radius 2 is 2.18 bits per heavy atom. The van der Waals surface area contributed by atoms with E-state index in [0.29, 0.717) is 10.1 Å². The van der Waals surface area contributed by atoms with Gasteiger partial charge in [-0.05, 0) is 6.92 Å². The lowest BCUT2D eigenvalue weighted by Gasteiger charge is -2.53. The summed E-state index contributed by atoms with van der Waals surface area (Å²) in [5.41, 5.74) is -1.11. The minimum absolute atomic E-state index is 0.0661. The van der Waals surface area contributed by atoms with E-state index in [2.05, 4.69) is 15.5 Å². The Kier molecular flexibility index (Phi) is 6.52. The average Bonchev–Trinajstić information content (AvgIpc) is 3.09. The molecule has 28 heavy (non-hydrogen) atoms. The maximum Gasteiger partial charge on any atom is 0.313 e. The number of hydrogen-bond donors (Lipinski definition) is 2. The van der Waals surface area contributed by atoms with Gasteiger partial charge in [0.05, 0.1) is 12.3 Å². The fourth-order valence-electron chi connectivity index (χ4n) is 2.89. The van der Waals surface area contributed by atoms with Crippen molar-refractivity contribution in [3.63, 3.8) is 0 Å². The molecule has 3 atom stereocenters. The lowest BCUT2D eigenvalue weighted by atomic mass is 9.89. The SMILES string of the molecule is Cc1nnc(SCC2(C(=O)O)CS[C@@H]3C(NC(=O)CC(=O)CCl)C(=O)N3C2)s1. The van der Waals surface area contributed by atoms with Gasteiger partial charge in [-0.2, -0.15) is 0 Å². The maximum atomic E-state index is 12.4. The highest BCUT2D eigenvalue weighted by Crippen LogP contribution is 2.44. The van der Waals surface area contributed by atoms with Crippen molar-refractivity contribution in [1.82, 2.24) is 20.4 Å². The van der Waals surface area contributed by atoms with Crippen LogP contribution in [0, 0.1) is 12.3 Å². The molecule has 1 aromatic rings. The average molecular weight is 465 g/mol. The lowest BCUT2D eigenvalue weighted by molar-refractivity contribution is -0.157. The lowest BCUT2D eigenvalue weighted by Crippen LogP contribution is -2.74. The van der Waals surface area contributed by atoms with Crippen LogP contribution in [0.4, 0.5) is 0 Å². The second-order valence-corrected chi connectivity index (χ2v) is 10.3. The number of nitrogens with zero attached hydrogens (tertiary/aromatic N) is 3. The van der Waals surface area contributed by atoms with E-state index >= 15 is 0 Å². The van der Waals surface area contributed by atoms with E-state index in [0.717, 1.165) is 5.01 Å². The van der Waals surface area contributed by atoms with E-state index in [1.165, 1.54) is 39.8 Å². The molecule has 2 unspecified atom stereocenters. The molecule has 0 spiro atoms. The quantitative estimate of drug-likeness (QED) is 0.246. The van der Waals surface area contributed by atoms with Gasteiger partial charge in [-0.3, -0.25) is 19.2 Å². The minimum Gasteiger partial charge on any atom is -0.481 e. The standard InChI is InChI=1S/C15H17ClN4O5S3/c1-7-18-19-14(28-7)27-6-15(13(24)25)4-20-11(23)10(12(20)26-5-15)17-9(22)2-8(21)3-16/h10,12H,2-6H2,1H3,(H,17,22)(H,24,25)/t10?,12-,15?/m1/s1. The Bertz CT molecular complexity index is 821. The summed E-state index contributed by atoms with van der Waals surface area (Å²) in [6.07, 6.45) is -0.373. The summed E-state index contributed by atoms with van der Waals surface area (Å²) in [5, 5.41) is 20.7. The van der Waals surface area contributed by atoms with Gasteiger partial charge in [0, 0.05) is 18.1 Å². The molecule has 2 fully saturated rings. The van der Waals surface area contributed by atoms with Gasteiger partial charge in [-0.15, -0.1) is 33.6 Å². The first-order valence-corrected chi connectivity index (χ1v) is 11.6. The van der Waals surface area contributed by atoms with Crippen LogP contribution in [0.3, 0.4) is 0 Å². The number of carboxylic acid groups (broad SMARTS) is 1. The molecule has 0 bridgehead atoms. The van der Waals surface area contributed by atoms with Crippen LogP contribution in [0.5, 0.6) is 0 Å². The van der Waals surface area contributed by atoms with Gasteiger partial charge in [0.2, 0.25) is 11.8 Å². The highest BCUT2D eigenvalue weighted by molar-refractivity contribution is 8.01. The fraction of sp³-hybridized carbons (Fsp3) is 0.600. The summed E-state index contributed by atoms with van der Waals surface area (Å²) in [6, 6.07) is -0.745. The molecule has 0 aromatic carbocycles. The summed E-state index contributed by atoms with van der Waals surface area (Å²) < 4.78 is 0.689. The van der Waals surface area contributed by atoms with Gasteiger partial charge in [0.15, 0.2) is 10.1 Å². The predicted octanol–water partition coefficient (Wildman–Crippen LogP) is 0.608. The number of ketones is 1. The zero-order valence-electron chi connectivity index (χ0n) is 14.7. The predicted molar refractivity (Wildman–Crippen MR) is 106 cm³/mol. The van der Waals surface area contributed by atoms with E-state index in [1.807, 2.05) is 6.92 Å². The van der Waals surface area contributed by atoms with Crippen molar-refractivity contribution in [3.05, 3.63) is 5.01 Å². The number of carboxylic acids is 1. The normalized spacial score (nSPS) is 26.4. The van der Waals surface area contributed by atoms with Gasteiger partial charge >= 0.3 is 5.97 Å². The van der Waals surface area contributed by atoms with Crippen molar-refractivity contribution < 1.29 is 24.3 Å². The van der Waals surface area contributed by atoms with Crippen molar-refractivity contribution in [3.8, 4) is 0 Å². The van der Waals surface area contributed by atoms with Gasteiger partial charge in [-0.1, -0.05) is 23.1 Å². The molecule has 3 heterocycles. The third-order valence-electron chi connectivity index (χ3n) is 4.40. The Hall–Kier alpha value is -1.37. The molecule has 9 nitrogen and oxygen atoms in total. The summed E-state index contributed by atoms with van der Waals surface area (Å²) in [5.74, 6) is -1.99. The molecule has 1 aromatic heterocycles. The van der Waals surface area contributed by atoms with Crippen LogP contribution in [0.2, 0.25) is 0 Å². The second kappa shape index (κ2) is 8.56. The van der Waals surface area contributed by atoms with Crippen molar-refractivity contribution in [1.29, 1.82) is 0 Å². The number of rotatable bonds is 8. The van der Waals surface area contributed by atoms with Crippen molar-refractivity contribution in [2.24, 2.45) is 5.41 Å². The molecule has 0 saturated carbocycles. The number of aromatic nitrogens is 2. The van der Waals surface area contributed by atoms with Crippen molar-refractivity contribution in [2.45, 2.75) is 29.1 Å². The van der Waals surface area contributed by atoms with Crippen molar-refractivity contribution in [2.75, 3.05) is 23.9 Å². The van der Waals surface area contributed by atoms with E-state index in [4.69, 9.17) is 11.6 Å². The van der Waals surface area contributed by atoms with E-state index in [1.54, 1.807) is 0 Å². The number of carbonyl (C=O) groups is 4. The summed E-state index contributed by atoms with van der Waals surface area (Å²) >= 11 is 9.41. The Morgan fingerprint density at radius 3 is 2.79 bits per heavy atom. The smallest absolute Gasteiger partial charge is 0.313 e. The number of carbonyl (C=O) groups excluding carboxylic acids is 3. The first-order chi connectivity index (χ1) is 13.3. The number of nitrogens with one attached hydrogen (secondary N) is 1. The Labute approximate surface area is 178 Å². The largest absolute Gasteiger partial charge is 0.481 e. The zero-order chi connectivity index (χ0) is 20.5. The third-order valence-corrected chi connectivity index (χ3v) is 8.55. The first kappa shape index (κ1) is 21.3. The van der Waals surface area contributed by atoms with E-state index in [-0.39, 0.29) is 35.9 Å². The van der Waals surface area contributed by atoms with Crippen LogP contribution in [-0.2, 0) is 19.2 Å². The van der Waals surface area contributed by atoms with Crippen molar-refractivity contribution >= 4 is 70.0 Å². The molecule has 3 rings (SSSR count). The molecular weight excluding hydrogens is 448 g/mol. The van der Waals surface area contributed by atoms with E-state index in [9.17, 15) is 24.3 Å². The number of alkyl halides is 1. The van der Waals surface area contributed by atoms with Gasteiger partial charge in [0.1, 0.15) is 21.8 Å². The molecular formula is C15H17ClN4O5S3. The second-order valence-electron chi connectivity index (χ2n) is 6.52. The minimum atomic E-state index is -1.11. The molecule has 2 amide bonds. The molecule has 152 valence electrons. The highest BCUT2D eigenvalue weighted by atomic mass is 35.5. The van der Waals surface area contributed by atoms with Crippen LogP contribution in [0.15, 0.2) is 4.34 Å². The molecule has 0 radical (unpaired) electrons.